The normalized spacial score (nSPS) is 20.7. The van der Waals surface area contributed by atoms with Gasteiger partial charge in [0.15, 0.2) is 0 Å². The number of phenols is 1. The molecule has 84 valence electrons. The zero-order valence-electron chi connectivity index (χ0n) is 8.16. The van der Waals surface area contributed by atoms with Crippen LogP contribution >= 0.6 is 24.0 Å². The highest BCUT2D eigenvalue weighted by Crippen LogP contribution is 2.31. The molecule has 0 radical (unpaired) electrons. The van der Waals surface area contributed by atoms with Gasteiger partial charge in [0.1, 0.15) is 5.75 Å². The van der Waals surface area contributed by atoms with Crippen LogP contribution in [-0.4, -0.2) is 24.7 Å². The molecule has 1 aliphatic rings. The van der Waals surface area contributed by atoms with E-state index in [1.165, 1.54) is 0 Å². The molecule has 0 amide bonds. The Labute approximate surface area is 100 Å². The predicted molar refractivity (Wildman–Crippen MR) is 64.0 cm³/mol. The zero-order chi connectivity index (χ0) is 9.97. The van der Waals surface area contributed by atoms with Gasteiger partial charge in [-0.05, 0) is 6.07 Å². The van der Waals surface area contributed by atoms with Crippen LogP contribution in [0.5, 0.6) is 5.75 Å². The topological polar surface area (TPSA) is 44.3 Å². The van der Waals surface area contributed by atoms with Crippen LogP contribution in [0.2, 0.25) is 5.02 Å². The minimum Gasteiger partial charge on any atom is -0.506 e. The summed E-state index contributed by atoms with van der Waals surface area (Å²) in [5.74, 6) is 0.190. The summed E-state index contributed by atoms with van der Waals surface area (Å²) in [4.78, 5) is 0. The van der Waals surface area contributed by atoms with Gasteiger partial charge in [0.05, 0.1) is 5.02 Å². The number of para-hydroxylation sites is 1. The standard InChI is InChI=1S/C10H13ClN2O.ClH/c11-8-3-1-2-7(10(8)14)9-6-12-4-5-13-9;/h1-3,9,12-14H,4-6H2;1H/t9-;/m1./s1. The molecular weight excluding hydrogens is 235 g/mol. The lowest BCUT2D eigenvalue weighted by Gasteiger charge is -2.25. The Hall–Kier alpha value is -0.480. The van der Waals surface area contributed by atoms with Crippen molar-refractivity contribution in [3.05, 3.63) is 28.8 Å². The second-order valence-corrected chi connectivity index (χ2v) is 3.80. The molecular formula is C10H14Cl2N2O. The summed E-state index contributed by atoms with van der Waals surface area (Å²) < 4.78 is 0. The van der Waals surface area contributed by atoms with Crippen LogP contribution in [0.25, 0.3) is 0 Å². The van der Waals surface area contributed by atoms with Gasteiger partial charge >= 0.3 is 0 Å². The molecule has 1 fully saturated rings. The van der Waals surface area contributed by atoms with E-state index < -0.39 is 0 Å². The third-order valence-electron chi connectivity index (χ3n) is 2.43. The van der Waals surface area contributed by atoms with E-state index in [2.05, 4.69) is 10.6 Å². The van der Waals surface area contributed by atoms with Crippen molar-refractivity contribution in [1.29, 1.82) is 0 Å². The first-order valence-electron chi connectivity index (χ1n) is 4.70. The molecule has 5 heteroatoms. The van der Waals surface area contributed by atoms with Gasteiger partial charge in [-0.25, -0.2) is 0 Å². The molecule has 1 aliphatic heterocycles. The second-order valence-electron chi connectivity index (χ2n) is 3.39. The van der Waals surface area contributed by atoms with Crippen molar-refractivity contribution in [3.63, 3.8) is 0 Å². The highest BCUT2D eigenvalue weighted by atomic mass is 35.5. The Morgan fingerprint density at radius 2 is 2.13 bits per heavy atom. The molecule has 0 spiro atoms. The van der Waals surface area contributed by atoms with Crippen molar-refractivity contribution in [3.8, 4) is 5.75 Å². The first kappa shape index (κ1) is 12.6. The molecule has 1 heterocycles. The van der Waals surface area contributed by atoms with E-state index >= 15 is 0 Å². The molecule has 2 rings (SSSR count). The van der Waals surface area contributed by atoms with Crippen molar-refractivity contribution < 1.29 is 5.11 Å². The minimum atomic E-state index is 0. The maximum atomic E-state index is 9.75. The number of hydrogen-bond acceptors (Lipinski definition) is 3. The van der Waals surface area contributed by atoms with E-state index in [0.29, 0.717) is 5.02 Å². The van der Waals surface area contributed by atoms with E-state index in [9.17, 15) is 5.11 Å². The van der Waals surface area contributed by atoms with Crippen LogP contribution in [-0.2, 0) is 0 Å². The molecule has 15 heavy (non-hydrogen) atoms. The lowest BCUT2D eigenvalue weighted by molar-refractivity contribution is 0.404. The van der Waals surface area contributed by atoms with Crippen LogP contribution in [0.4, 0.5) is 0 Å². The van der Waals surface area contributed by atoms with Crippen molar-refractivity contribution in [2.45, 2.75) is 6.04 Å². The van der Waals surface area contributed by atoms with Crippen LogP contribution in [0.15, 0.2) is 18.2 Å². The van der Waals surface area contributed by atoms with Crippen molar-refractivity contribution in [2.75, 3.05) is 19.6 Å². The highest BCUT2D eigenvalue weighted by molar-refractivity contribution is 6.32. The summed E-state index contributed by atoms with van der Waals surface area (Å²) in [6.07, 6.45) is 0. The van der Waals surface area contributed by atoms with Crippen LogP contribution in [0, 0.1) is 0 Å². The van der Waals surface area contributed by atoms with E-state index in [0.717, 1.165) is 25.2 Å². The third-order valence-corrected chi connectivity index (χ3v) is 2.74. The Morgan fingerprint density at radius 3 is 2.80 bits per heavy atom. The SMILES string of the molecule is Cl.Oc1c(Cl)cccc1[C@H]1CNCCN1. The quantitative estimate of drug-likeness (QED) is 0.709. The average molecular weight is 249 g/mol. The summed E-state index contributed by atoms with van der Waals surface area (Å²) in [5.41, 5.74) is 0.865. The number of rotatable bonds is 1. The van der Waals surface area contributed by atoms with Crippen LogP contribution in [0.3, 0.4) is 0 Å². The Bertz CT molecular complexity index is 327. The molecule has 3 nitrogen and oxygen atoms in total. The smallest absolute Gasteiger partial charge is 0.138 e. The van der Waals surface area contributed by atoms with Gasteiger partial charge in [0.2, 0.25) is 0 Å². The number of hydrogen-bond donors (Lipinski definition) is 3. The van der Waals surface area contributed by atoms with Crippen molar-refractivity contribution >= 4 is 24.0 Å². The van der Waals surface area contributed by atoms with Crippen molar-refractivity contribution in [1.82, 2.24) is 10.6 Å². The van der Waals surface area contributed by atoms with Gasteiger partial charge in [-0.15, -0.1) is 12.4 Å². The largest absolute Gasteiger partial charge is 0.506 e. The first-order chi connectivity index (χ1) is 6.79. The molecule has 0 aromatic heterocycles. The van der Waals surface area contributed by atoms with Crippen LogP contribution in [0.1, 0.15) is 11.6 Å². The molecule has 0 unspecified atom stereocenters. The Morgan fingerprint density at radius 1 is 1.33 bits per heavy atom. The Kier molecular flexibility index (Phi) is 4.67. The van der Waals surface area contributed by atoms with E-state index in [4.69, 9.17) is 11.6 Å². The van der Waals surface area contributed by atoms with Gasteiger partial charge < -0.3 is 15.7 Å². The molecule has 1 aromatic carbocycles. The fraction of sp³-hybridized carbons (Fsp3) is 0.400. The Balaban J connectivity index is 0.00000112. The number of piperazine rings is 1. The monoisotopic (exact) mass is 248 g/mol. The first-order valence-corrected chi connectivity index (χ1v) is 5.08. The lowest BCUT2D eigenvalue weighted by atomic mass is 10.0. The molecule has 3 N–H and O–H groups in total. The molecule has 0 saturated carbocycles. The van der Waals surface area contributed by atoms with Crippen molar-refractivity contribution in [2.24, 2.45) is 0 Å². The number of benzene rings is 1. The van der Waals surface area contributed by atoms with E-state index in [1.54, 1.807) is 6.07 Å². The molecule has 0 aliphatic carbocycles. The van der Waals surface area contributed by atoms with E-state index in [1.807, 2.05) is 12.1 Å². The second kappa shape index (κ2) is 5.56. The maximum Gasteiger partial charge on any atom is 0.138 e. The summed E-state index contributed by atoms with van der Waals surface area (Å²) in [5, 5.41) is 16.7. The lowest BCUT2D eigenvalue weighted by Crippen LogP contribution is -2.42. The van der Waals surface area contributed by atoms with E-state index in [-0.39, 0.29) is 24.2 Å². The number of phenolic OH excluding ortho intramolecular Hbond substituents is 1. The van der Waals surface area contributed by atoms with Crippen LogP contribution < -0.4 is 10.6 Å². The fourth-order valence-electron chi connectivity index (χ4n) is 1.69. The number of aromatic hydroxyl groups is 1. The molecule has 1 saturated heterocycles. The summed E-state index contributed by atoms with van der Waals surface area (Å²) in [7, 11) is 0. The van der Waals surface area contributed by atoms with Gasteiger partial charge in [-0.3, -0.25) is 0 Å². The average Bonchev–Trinajstić information content (AvgIpc) is 2.23. The summed E-state index contributed by atoms with van der Waals surface area (Å²) in [6.45, 7) is 2.71. The molecule has 1 aromatic rings. The highest BCUT2D eigenvalue weighted by Gasteiger charge is 2.18. The summed E-state index contributed by atoms with van der Waals surface area (Å²) in [6, 6.07) is 5.60. The predicted octanol–water partition coefficient (Wildman–Crippen LogP) is 1.70. The maximum absolute atomic E-state index is 9.75. The van der Waals surface area contributed by atoms with Gasteiger partial charge in [0.25, 0.3) is 0 Å². The fourth-order valence-corrected chi connectivity index (χ4v) is 1.87. The van der Waals surface area contributed by atoms with Gasteiger partial charge in [-0.1, -0.05) is 23.7 Å². The molecule has 1 atom stereocenters. The summed E-state index contributed by atoms with van der Waals surface area (Å²) >= 11 is 5.83. The zero-order valence-corrected chi connectivity index (χ0v) is 9.74. The molecule has 0 bridgehead atoms. The third kappa shape index (κ3) is 2.75. The number of nitrogens with one attached hydrogen (secondary N) is 2. The minimum absolute atomic E-state index is 0. The van der Waals surface area contributed by atoms with Gasteiger partial charge in [-0.2, -0.15) is 0 Å². The number of halogens is 2. The van der Waals surface area contributed by atoms with Gasteiger partial charge in [0, 0.05) is 31.2 Å².